The van der Waals surface area contributed by atoms with Gasteiger partial charge in [-0.2, -0.15) is 0 Å². The van der Waals surface area contributed by atoms with Crippen molar-refractivity contribution in [3.05, 3.63) is 29.8 Å². The van der Waals surface area contributed by atoms with E-state index in [9.17, 15) is 13.2 Å². The largest absolute Gasteiger partial charge is 0.349 e. The van der Waals surface area contributed by atoms with Gasteiger partial charge < -0.3 is 10.6 Å². The maximum Gasteiger partial charge on any atom is 0.251 e. The highest BCUT2D eigenvalue weighted by Gasteiger charge is 2.42. The minimum Gasteiger partial charge on any atom is -0.349 e. The molecule has 1 aliphatic carbocycles. The molecule has 2 fully saturated rings. The lowest BCUT2D eigenvalue weighted by atomic mass is 9.96. The predicted molar refractivity (Wildman–Crippen MR) is 115 cm³/mol. The van der Waals surface area contributed by atoms with Crippen molar-refractivity contribution in [2.75, 3.05) is 16.8 Å². The van der Waals surface area contributed by atoms with E-state index in [1.165, 1.54) is 43.9 Å². The maximum atomic E-state index is 12.5. The van der Waals surface area contributed by atoms with Gasteiger partial charge in [-0.3, -0.25) is 9.79 Å². The lowest BCUT2D eigenvalue weighted by molar-refractivity contribution is 0.0930. The SMILES string of the molecule is O=C(NC1CCCCCCC1)c1ccc(NC2=NC3CS(=O)(=O)CC3S2)cc1. The van der Waals surface area contributed by atoms with Gasteiger partial charge in [0.05, 0.1) is 17.5 Å². The molecule has 1 aromatic rings. The molecule has 3 aliphatic rings. The monoisotopic (exact) mass is 421 g/mol. The van der Waals surface area contributed by atoms with Gasteiger partial charge in [0.15, 0.2) is 15.0 Å². The van der Waals surface area contributed by atoms with E-state index in [0.717, 1.165) is 23.7 Å². The van der Waals surface area contributed by atoms with Crippen LogP contribution in [0.1, 0.15) is 55.3 Å². The summed E-state index contributed by atoms with van der Waals surface area (Å²) in [4.78, 5) is 17.0. The number of carbonyl (C=O) groups excluding carboxylic acids is 1. The van der Waals surface area contributed by atoms with E-state index in [1.54, 1.807) is 0 Å². The van der Waals surface area contributed by atoms with E-state index in [-0.39, 0.29) is 34.7 Å². The van der Waals surface area contributed by atoms with Gasteiger partial charge in [0, 0.05) is 22.5 Å². The molecule has 2 atom stereocenters. The number of fused-ring (bicyclic) bond motifs is 1. The third-order valence-corrected chi connectivity index (χ3v) is 8.80. The number of rotatable bonds is 3. The topological polar surface area (TPSA) is 87.6 Å². The lowest BCUT2D eigenvalue weighted by Gasteiger charge is -2.21. The fourth-order valence-corrected chi connectivity index (χ4v) is 7.79. The van der Waals surface area contributed by atoms with Crippen LogP contribution in [-0.4, -0.2) is 48.3 Å². The van der Waals surface area contributed by atoms with Gasteiger partial charge in [0.25, 0.3) is 5.91 Å². The van der Waals surface area contributed by atoms with Gasteiger partial charge in [0.1, 0.15) is 0 Å². The number of hydrogen-bond acceptors (Lipinski definition) is 6. The first-order valence-corrected chi connectivity index (χ1v) is 12.8. The number of benzene rings is 1. The van der Waals surface area contributed by atoms with E-state index < -0.39 is 9.84 Å². The number of anilines is 1. The Bertz CT molecular complexity index is 844. The van der Waals surface area contributed by atoms with E-state index in [4.69, 9.17) is 0 Å². The number of amides is 1. The summed E-state index contributed by atoms with van der Waals surface area (Å²) in [7, 11) is -2.93. The van der Waals surface area contributed by atoms with Crippen LogP contribution in [0.15, 0.2) is 29.3 Å². The molecule has 2 N–H and O–H groups in total. The van der Waals surface area contributed by atoms with Gasteiger partial charge in [-0.15, -0.1) is 0 Å². The average Bonchev–Trinajstić information content (AvgIpc) is 3.10. The highest BCUT2D eigenvalue weighted by molar-refractivity contribution is 8.15. The predicted octanol–water partition coefficient (Wildman–Crippen LogP) is 3.21. The Morgan fingerprint density at radius 3 is 2.36 bits per heavy atom. The molecule has 0 spiro atoms. The molecule has 0 aromatic heterocycles. The number of hydrogen-bond donors (Lipinski definition) is 2. The smallest absolute Gasteiger partial charge is 0.251 e. The molecule has 6 nitrogen and oxygen atoms in total. The summed E-state index contributed by atoms with van der Waals surface area (Å²) in [5, 5.41) is 7.22. The standard InChI is InChI=1S/C20H27N3O3S2/c24-19(21-15-6-4-2-1-3-5-7-15)14-8-10-16(11-9-14)22-20-23-17-12-28(25,26)13-18(17)27-20/h8-11,15,17-18H,1-7,12-13H2,(H,21,24)(H,22,23). The summed E-state index contributed by atoms with van der Waals surface area (Å²) in [5.74, 6) is 0.345. The molecule has 2 aliphatic heterocycles. The first-order valence-electron chi connectivity index (χ1n) is 10.1. The average molecular weight is 422 g/mol. The van der Waals surface area contributed by atoms with Crippen molar-refractivity contribution in [1.82, 2.24) is 5.32 Å². The van der Waals surface area contributed by atoms with Crippen molar-refractivity contribution in [3.8, 4) is 0 Å². The number of aliphatic imine (C=N–C) groups is 1. The number of nitrogens with one attached hydrogen (secondary N) is 2. The van der Waals surface area contributed by atoms with Crippen LogP contribution in [0.5, 0.6) is 0 Å². The zero-order valence-electron chi connectivity index (χ0n) is 15.9. The van der Waals surface area contributed by atoms with E-state index >= 15 is 0 Å². The molecule has 2 heterocycles. The van der Waals surface area contributed by atoms with Crippen LogP contribution in [0.2, 0.25) is 0 Å². The van der Waals surface area contributed by atoms with Crippen LogP contribution in [0.4, 0.5) is 5.69 Å². The summed E-state index contributed by atoms with van der Waals surface area (Å²) in [5.41, 5.74) is 1.52. The summed E-state index contributed by atoms with van der Waals surface area (Å²) in [6.45, 7) is 0. The number of nitrogens with zero attached hydrogens (tertiary/aromatic N) is 1. The summed E-state index contributed by atoms with van der Waals surface area (Å²) in [6, 6.07) is 7.55. The second-order valence-electron chi connectivity index (χ2n) is 7.95. The van der Waals surface area contributed by atoms with Crippen molar-refractivity contribution >= 4 is 38.4 Å². The normalized spacial score (nSPS) is 27.4. The van der Waals surface area contributed by atoms with Gasteiger partial charge in [0.2, 0.25) is 0 Å². The Morgan fingerprint density at radius 2 is 1.68 bits per heavy atom. The number of thioether (sulfide) groups is 1. The van der Waals surface area contributed by atoms with Crippen LogP contribution >= 0.6 is 11.8 Å². The van der Waals surface area contributed by atoms with Crippen LogP contribution in [-0.2, 0) is 9.84 Å². The lowest BCUT2D eigenvalue weighted by Crippen LogP contribution is -2.35. The van der Waals surface area contributed by atoms with Crippen molar-refractivity contribution in [2.24, 2.45) is 4.99 Å². The Hall–Kier alpha value is -1.54. The minimum absolute atomic E-state index is 0.00977. The minimum atomic E-state index is -2.93. The summed E-state index contributed by atoms with van der Waals surface area (Å²) in [6.07, 6.45) is 8.37. The molecule has 4 rings (SSSR count). The van der Waals surface area contributed by atoms with Crippen molar-refractivity contribution in [3.63, 3.8) is 0 Å². The third kappa shape index (κ3) is 4.89. The first-order chi connectivity index (χ1) is 13.5. The van der Waals surface area contributed by atoms with Crippen LogP contribution in [0.3, 0.4) is 0 Å². The van der Waals surface area contributed by atoms with E-state index in [1.807, 2.05) is 24.3 Å². The van der Waals surface area contributed by atoms with Crippen molar-refractivity contribution in [1.29, 1.82) is 0 Å². The Balaban J connectivity index is 1.32. The highest BCUT2D eigenvalue weighted by Crippen LogP contribution is 2.34. The van der Waals surface area contributed by atoms with Crippen LogP contribution in [0.25, 0.3) is 0 Å². The molecule has 2 unspecified atom stereocenters. The van der Waals surface area contributed by atoms with Crippen molar-refractivity contribution in [2.45, 2.75) is 62.3 Å². The second-order valence-corrected chi connectivity index (χ2v) is 11.3. The van der Waals surface area contributed by atoms with Gasteiger partial charge in [-0.1, -0.05) is 43.9 Å². The van der Waals surface area contributed by atoms with Gasteiger partial charge in [-0.05, 0) is 37.1 Å². The molecule has 0 radical (unpaired) electrons. The van der Waals surface area contributed by atoms with Crippen LogP contribution in [0, 0.1) is 0 Å². The van der Waals surface area contributed by atoms with E-state index in [2.05, 4.69) is 15.6 Å². The zero-order chi connectivity index (χ0) is 19.6. The molecule has 152 valence electrons. The van der Waals surface area contributed by atoms with Crippen LogP contribution < -0.4 is 10.6 Å². The van der Waals surface area contributed by atoms with Gasteiger partial charge in [-0.25, -0.2) is 8.42 Å². The Morgan fingerprint density at radius 1 is 1.00 bits per heavy atom. The third-order valence-electron chi connectivity index (χ3n) is 5.66. The molecule has 28 heavy (non-hydrogen) atoms. The molecule has 0 bridgehead atoms. The second kappa shape index (κ2) is 8.45. The molecule has 8 heteroatoms. The molecule has 1 saturated carbocycles. The molecular weight excluding hydrogens is 394 g/mol. The Kier molecular flexibility index (Phi) is 5.96. The molecule has 1 amide bonds. The Labute approximate surface area is 170 Å². The zero-order valence-corrected chi connectivity index (χ0v) is 17.5. The molecule has 1 saturated heterocycles. The molecular formula is C20H27N3O3S2. The maximum absolute atomic E-state index is 12.5. The highest BCUT2D eigenvalue weighted by atomic mass is 32.2. The number of amidine groups is 1. The quantitative estimate of drug-likeness (QED) is 0.782. The molecule has 1 aromatic carbocycles. The summed E-state index contributed by atoms with van der Waals surface area (Å²) >= 11 is 1.50. The number of sulfone groups is 1. The van der Waals surface area contributed by atoms with Crippen molar-refractivity contribution < 1.29 is 13.2 Å². The number of carbonyl (C=O) groups is 1. The fourth-order valence-electron chi connectivity index (χ4n) is 4.11. The fraction of sp³-hybridized carbons (Fsp3) is 0.600. The van der Waals surface area contributed by atoms with Gasteiger partial charge >= 0.3 is 0 Å². The summed E-state index contributed by atoms with van der Waals surface area (Å²) < 4.78 is 23.3. The van der Waals surface area contributed by atoms with E-state index in [0.29, 0.717) is 5.56 Å². The first kappa shape index (κ1) is 19.8.